The molecule has 1 aromatic heterocycles. The molecular formula is C23H27N3O. The summed E-state index contributed by atoms with van der Waals surface area (Å²) in [6.07, 6.45) is 5.10. The molecule has 0 unspecified atom stereocenters. The molecule has 2 heterocycles. The first-order chi connectivity index (χ1) is 13.2. The molecule has 0 aliphatic carbocycles. The van der Waals surface area contributed by atoms with Gasteiger partial charge in [0, 0.05) is 57.0 Å². The van der Waals surface area contributed by atoms with Crippen molar-refractivity contribution in [2.24, 2.45) is 0 Å². The normalized spacial score (nSPS) is 14.0. The summed E-state index contributed by atoms with van der Waals surface area (Å²) in [5, 5.41) is 1.22. The Morgan fingerprint density at radius 2 is 1.74 bits per heavy atom. The largest absolute Gasteiger partial charge is 0.371 e. The maximum absolute atomic E-state index is 12.7. The topological polar surface area (TPSA) is 28.5 Å². The van der Waals surface area contributed by atoms with E-state index in [1.54, 1.807) is 0 Å². The zero-order chi connectivity index (χ0) is 18.6. The Kier molecular flexibility index (Phi) is 5.14. The molecule has 4 heteroatoms. The van der Waals surface area contributed by atoms with Crippen LogP contribution in [-0.2, 0) is 17.9 Å². The van der Waals surface area contributed by atoms with Crippen LogP contribution in [0.1, 0.15) is 24.8 Å². The maximum Gasteiger partial charge on any atom is 0.224 e. The predicted molar refractivity (Wildman–Crippen MR) is 111 cm³/mol. The molecule has 0 bridgehead atoms. The predicted octanol–water partition coefficient (Wildman–Crippen LogP) is 4.29. The summed E-state index contributed by atoms with van der Waals surface area (Å²) in [5.41, 5.74) is 3.71. The minimum atomic E-state index is 0.184. The van der Waals surface area contributed by atoms with Gasteiger partial charge in [-0.15, -0.1) is 0 Å². The Morgan fingerprint density at radius 1 is 1.00 bits per heavy atom. The van der Waals surface area contributed by atoms with Crippen LogP contribution in [0.3, 0.4) is 0 Å². The van der Waals surface area contributed by atoms with Gasteiger partial charge in [0.1, 0.15) is 0 Å². The van der Waals surface area contributed by atoms with Crippen molar-refractivity contribution < 1.29 is 4.79 Å². The molecule has 27 heavy (non-hydrogen) atoms. The molecule has 140 valence electrons. The van der Waals surface area contributed by atoms with Crippen LogP contribution in [-0.4, -0.2) is 35.5 Å². The third-order valence-electron chi connectivity index (χ3n) is 5.52. The van der Waals surface area contributed by atoms with Crippen molar-refractivity contribution >= 4 is 22.5 Å². The molecule has 1 saturated heterocycles. The average molecular weight is 361 g/mol. The van der Waals surface area contributed by atoms with Crippen molar-refractivity contribution in [2.75, 3.05) is 25.0 Å². The monoisotopic (exact) mass is 361 g/mol. The van der Waals surface area contributed by atoms with Gasteiger partial charge in [-0.25, -0.2) is 0 Å². The Bertz CT molecular complexity index is 924. The SMILES string of the molecule is CN(Cc1ccccc1N1CCCC1)C(=O)CCn1ccc2ccccc21. The number of carbonyl (C=O) groups excluding carboxylic acids is 1. The van der Waals surface area contributed by atoms with Crippen LogP contribution < -0.4 is 4.90 Å². The first-order valence-corrected chi connectivity index (χ1v) is 9.83. The Balaban J connectivity index is 1.40. The minimum Gasteiger partial charge on any atom is -0.371 e. The highest BCUT2D eigenvalue weighted by Crippen LogP contribution is 2.25. The van der Waals surface area contributed by atoms with E-state index in [0.29, 0.717) is 19.5 Å². The second kappa shape index (κ2) is 7.87. The first kappa shape index (κ1) is 17.7. The number of hydrogen-bond acceptors (Lipinski definition) is 2. The second-order valence-electron chi connectivity index (χ2n) is 7.39. The zero-order valence-electron chi connectivity index (χ0n) is 16.0. The molecule has 1 aliphatic rings. The van der Waals surface area contributed by atoms with Crippen LogP contribution in [0.4, 0.5) is 5.69 Å². The fourth-order valence-electron chi connectivity index (χ4n) is 4.00. The third-order valence-corrected chi connectivity index (χ3v) is 5.52. The van der Waals surface area contributed by atoms with Gasteiger partial charge in [-0.05, 0) is 42.0 Å². The number of rotatable bonds is 6. The van der Waals surface area contributed by atoms with Crippen molar-refractivity contribution in [1.29, 1.82) is 0 Å². The van der Waals surface area contributed by atoms with Gasteiger partial charge in [-0.2, -0.15) is 0 Å². The maximum atomic E-state index is 12.7. The summed E-state index contributed by atoms with van der Waals surface area (Å²) in [6, 6.07) is 18.9. The van der Waals surface area contributed by atoms with E-state index in [4.69, 9.17) is 0 Å². The van der Waals surface area contributed by atoms with Gasteiger partial charge in [0.25, 0.3) is 0 Å². The van der Waals surface area contributed by atoms with Crippen molar-refractivity contribution in [3.8, 4) is 0 Å². The molecule has 0 atom stereocenters. The van der Waals surface area contributed by atoms with E-state index >= 15 is 0 Å². The fourth-order valence-corrected chi connectivity index (χ4v) is 4.00. The standard InChI is InChI=1S/C23H27N3O/c1-24(18-20-9-3-5-11-22(20)25-14-6-7-15-25)23(27)13-17-26-16-12-19-8-2-4-10-21(19)26/h2-5,8-12,16H,6-7,13-15,17-18H2,1H3. The van der Waals surface area contributed by atoms with Gasteiger partial charge in [0.2, 0.25) is 5.91 Å². The van der Waals surface area contributed by atoms with Crippen LogP contribution in [0, 0.1) is 0 Å². The number of para-hydroxylation sites is 2. The molecule has 1 fully saturated rings. The summed E-state index contributed by atoms with van der Waals surface area (Å²) >= 11 is 0. The lowest BCUT2D eigenvalue weighted by atomic mass is 10.1. The smallest absolute Gasteiger partial charge is 0.224 e. The summed E-state index contributed by atoms with van der Waals surface area (Å²) in [7, 11) is 1.91. The number of fused-ring (bicyclic) bond motifs is 1. The molecule has 0 saturated carbocycles. The molecular weight excluding hydrogens is 334 g/mol. The van der Waals surface area contributed by atoms with E-state index in [0.717, 1.165) is 13.1 Å². The summed E-state index contributed by atoms with van der Waals surface area (Å²) < 4.78 is 2.17. The Labute approximate surface area is 161 Å². The highest BCUT2D eigenvalue weighted by molar-refractivity contribution is 5.80. The molecule has 0 N–H and O–H groups in total. The van der Waals surface area contributed by atoms with E-state index in [1.165, 1.54) is 35.0 Å². The van der Waals surface area contributed by atoms with E-state index in [-0.39, 0.29) is 5.91 Å². The van der Waals surface area contributed by atoms with Gasteiger partial charge >= 0.3 is 0 Å². The highest BCUT2D eigenvalue weighted by atomic mass is 16.2. The van der Waals surface area contributed by atoms with Gasteiger partial charge in [-0.1, -0.05) is 36.4 Å². The molecule has 4 nitrogen and oxygen atoms in total. The number of amides is 1. The molecule has 1 aliphatic heterocycles. The first-order valence-electron chi connectivity index (χ1n) is 9.83. The van der Waals surface area contributed by atoms with Crippen LogP contribution in [0.15, 0.2) is 60.8 Å². The summed E-state index contributed by atoms with van der Waals surface area (Å²) in [5.74, 6) is 0.184. The van der Waals surface area contributed by atoms with E-state index < -0.39 is 0 Å². The van der Waals surface area contributed by atoms with E-state index in [1.807, 2.05) is 24.1 Å². The lowest BCUT2D eigenvalue weighted by molar-refractivity contribution is -0.130. The number of anilines is 1. The van der Waals surface area contributed by atoms with Crippen LogP contribution in [0.25, 0.3) is 10.9 Å². The van der Waals surface area contributed by atoms with Crippen molar-refractivity contribution in [1.82, 2.24) is 9.47 Å². The molecule has 3 aromatic rings. The van der Waals surface area contributed by atoms with Crippen molar-refractivity contribution in [3.63, 3.8) is 0 Å². The molecule has 0 radical (unpaired) electrons. The van der Waals surface area contributed by atoms with Crippen LogP contribution in [0.5, 0.6) is 0 Å². The number of aromatic nitrogens is 1. The fraction of sp³-hybridized carbons (Fsp3) is 0.348. The van der Waals surface area contributed by atoms with E-state index in [2.05, 4.69) is 58.1 Å². The number of nitrogens with zero attached hydrogens (tertiary/aromatic N) is 3. The number of aryl methyl sites for hydroxylation is 1. The number of hydrogen-bond donors (Lipinski definition) is 0. The quantitative estimate of drug-likeness (QED) is 0.655. The molecule has 1 amide bonds. The number of benzene rings is 2. The lowest BCUT2D eigenvalue weighted by Gasteiger charge is -2.24. The average Bonchev–Trinajstić information content (AvgIpc) is 3.36. The Hall–Kier alpha value is -2.75. The van der Waals surface area contributed by atoms with Gasteiger partial charge in [-0.3, -0.25) is 4.79 Å². The number of carbonyl (C=O) groups is 1. The van der Waals surface area contributed by atoms with Gasteiger partial charge < -0.3 is 14.4 Å². The van der Waals surface area contributed by atoms with Gasteiger partial charge in [0.15, 0.2) is 0 Å². The third kappa shape index (κ3) is 3.85. The summed E-state index contributed by atoms with van der Waals surface area (Å²) in [4.78, 5) is 17.0. The molecule has 4 rings (SSSR count). The molecule has 2 aromatic carbocycles. The van der Waals surface area contributed by atoms with Crippen LogP contribution >= 0.6 is 0 Å². The highest BCUT2D eigenvalue weighted by Gasteiger charge is 2.17. The lowest BCUT2D eigenvalue weighted by Crippen LogP contribution is -2.28. The van der Waals surface area contributed by atoms with Gasteiger partial charge in [0.05, 0.1) is 0 Å². The molecule has 0 spiro atoms. The van der Waals surface area contributed by atoms with Crippen molar-refractivity contribution in [2.45, 2.75) is 32.4 Å². The zero-order valence-corrected chi connectivity index (χ0v) is 16.0. The summed E-state index contributed by atoms with van der Waals surface area (Å²) in [6.45, 7) is 3.62. The van der Waals surface area contributed by atoms with Crippen LogP contribution in [0.2, 0.25) is 0 Å². The minimum absolute atomic E-state index is 0.184. The van der Waals surface area contributed by atoms with E-state index in [9.17, 15) is 4.79 Å². The van der Waals surface area contributed by atoms with Crippen molar-refractivity contribution in [3.05, 3.63) is 66.4 Å². The Morgan fingerprint density at radius 3 is 2.59 bits per heavy atom. The second-order valence-corrected chi connectivity index (χ2v) is 7.39.